The number of nitrogens with one attached hydrogen (secondary N) is 1. The molecule has 132 valence electrons. The highest BCUT2D eigenvalue weighted by Gasteiger charge is 2.41. The van der Waals surface area contributed by atoms with Gasteiger partial charge in [0.1, 0.15) is 12.3 Å². The highest BCUT2D eigenvalue weighted by Crippen LogP contribution is 2.38. The average molecular weight is 344 g/mol. The number of carbonyl (C=O) groups is 2. The number of carboxylic acids is 1. The fourth-order valence-corrected chi connectivity index (χ4v) is 3.25. The van der Waals surface area contributed by atoms with Gasteiger partial charge in [-0.15, -0.1) is 5.10 Å². The molecule has 1 aromatic carbocycles. The molecule has 2 heterocycles. The summed E-state index contributed by atoms with van der Waals surface area (Å²) >= 11 is 0. The summed E-state index contributed by atoms with van der Waals surface area (Å²) in [6.07, 6.45) is 1.70. The Morgan fingerprint density at radius 2 is 2.04 bits per heavy atom. The highest BCUT2D eigenvalue weighted by molar-refractivity contribution is 5.86. The number of carboxylic acid groups (broad SMARTS) is 1. The van der Waals surface area contributed by atoms with E-state index < -0.39 is 18.1 Å². The van der Waals surface area contributed by atoms with Crippen LogP contribution in [0.2, 0.25) is 0 Å². The van der Waals surface area contributed by atoms with Gasteiger partial charge in [0.05, 0.1) is 6.04 Å². The number of hydrogen-bond acceptors (Lipinski definition) is 5. The normalized spacial score (nSPS) is 19.8. The molecule has 8 nitrogen and oxygen atoms in total. The summed E-state index contributed by atoms with van der Waals surface area (Å²) in [5.41, 5.74) is 1.02. The Balaban J connectivity index is 1.78. The number of nitrogens with zero attached hydrogens (tertiary/aromatic N) is 3. The summed E-state index contributed by atoms with van der Waals surface area (Å²) in [5.74, 6) is -1.17. The molecule has 2 aromatic rings. The third kappa shape index (κ3) is 3.47. The Bertz CT molecular complexity index is 746. The topological polar surface area (TPSA) is 108 Å². The first-order valence-electron chi connectivity index (χ1n) is 8.24. The summed E-state index contributed by atoms with van der Waals surface area (Å²) in [6.45, 7) is 2.16. The summed E-state index contributed by atoms with van der Waals surface area (Å²) in [6, 6.07) is 8.96. The minimum absolute atomic E-state index is 0.00776. The maximum Gasteiger partial charge on any atom is 0.410 e. The molecule has 2 unspecified atom stereocenters. The zero-order valence-corrected chi connectivity index (χ0v) is 13.9. The van der Waals surface area contributed by atoms with Crippen LogP contribution >= 0.6 is 0 Å². The summed E-state index contributed by atoms with van der Waals surface area (Å²) in [7, 11) is 0. The number of aromatic carboxylic acids is 1. The van der Waals surface area contributed by atoms with Crippen LogP contribution in [0.3, 0.4) is 0 Å². The molecule has 8 heteroatoms. The van der Waals surface area contributed by atoms with Gasteiger partial charge in [-0.2, -0.15) is 10.3 Å². The van der Waals surface area contributed by atoms with Gasteiger partial charge in [0.2, 0.25) is 0 Å². The van der Waals surface area contributed by atoms with Crippen molar-refractivity contribution in [1.29, 1.82) is 0 Å². The van der Waals surface area contributed by atoms with Crippen molar-refractivity contribution in [3.8, 4) is 0 Å². The van der Waals surface area contributed by atoms with E-state index in [0.29, 0.717) is 6.42 Å². The number of H-pyrrole nitrogens is 1. The van der Waals surface area contributed by atoms with Crippen LogP contribution in [0.15, 0.2) is 30.3 Å². The zero-order valence-electron chi connectivity index (χ0n) is 13.9. The minimum Gasteiger partial charge on any atom is -0.476 e. The Kier molecular flexibility index (Phi) is 4.97. The number of amides is 1. The molecule has 1 aromatic heterocycles. The maximum atomic E-state index is 12.7. The molecule has 0 radical (unpaired) electrons. The number of hydrogen-bond donors (Lipinski definition) is 2. The van der Waals surface area contributed by atoms with Crippen molar-refractivity contribution in [2.75, 3.05) is 0 Å². The fraction of sp³-hybridized carbons (Fsp3) is 0.412. The highest BCUT2D eigenvalue weighted by atomic mass is 16.6. The second-order valence-electron chi connectivity index (χ2n) is 5.97. The van der Waals surface area contributed by atoms with Crippen molar-refractivity contribution in [3.05, 3.63) is 47.3 Å². The van der Waals surface area contributed by atoms with Crippen LogP contribution in [-0.2, 0) is 11.3 Å². The zero-order chi connectivity index (χ0) is 17.8. The molecule has 1 aliphatic heterocycles. The molecule has 0 saturated carbocycles. The van der Waals surface area contributed by atoms with E-state index in [2.05, 4.69) is 15.4 Å². The van der Waals surface area contributed by atoms with E-state index in [1.54, 1.807) is 4.90 Å². The molecular weight excluding hydrogens is 324 g/mol. The monoisotopic (exact) mass is 344 g/mol. The number of aromatic amines is 1. The summed E-state index contributed by atoms with van der Waals surface area (Å²) < 4.78 is 5.45. The standard InChI is InChI=1S/C17H20N4O4/c1-2-12-8-9-13(14-15(16(22)23)19-20-18-14)21(12)17(24)25-10-11-6-4-3-5-7-11/h3-7,12-13H,2,8-10H2,1H3,(H,22,23)(H,18,19,20). The van der Waals surface area contributed by atoms with Crippen LogP contribution in [0.25, 0.3) is 0 Å². The van der Waals surface area contributed by atoms with E-state index in [4.69, 9.17) is 4.74 Å². The average Bonchev–Trinajstić information content (AvgIpc) is 3.26. The fourth-order valence-electron chi connectivity index (χ4n) is 3.25. The van der Waals surface area contributed by atoms with E-state index in [1.807, 2.05) is 37.3 Å². The van der Waals surface area contributed by atoms with E-state index in [0.717, 1.165) is 18.4 Å². The lowest BCUT2D eigenvalue weighted by Gasteiger charge is -2.28. The molecule has 1 amide bonds. The van der Waals surface area contributed by atoms with Gasteiger partial charge < -0.3 is 9.84 Å². The first kappa shape index (κ1) is 16.9. The first-order valence-corrected chi connectivity index (χ1v) is 8.24. The van der Waals surface area contributed by atoms with E-state index in [-0.39, 0.29) is 24.0 Å². The van der Waals surface area contributed by atoms with Crippen LogP contribution in [0, 0.1) is 0 Å². The van der Waals surface area contributed by atoms with Gasteiger partial charge in [0, 0.05) is 6.04 Å². The Hall–Kier alpha value is -2.90. The van der Waals surface area contributed by atoms with Crippen LogP contribution in [0.4, 0.5) is 4.79 Å². The van der Waals surface area contributed by atoms with Crippen molar-refractivity contribution >= 4 is 12.1 Å². The summed E-state index contributed by atoms with van der Waals surface area (Å²) in [4.78, 5) is 25.6. The van der Waals surface area contributed by atoms with Crippen molar-refractivity contribution in [1.82, 2.24) is 20.3 Å². The quantitative estimate of drug-likeness (QED) is 0.863. The van der Waals surface area contributed by atoms with Crippen LogP contribution < -0.4 is 0 Å². The summed E-state index contributed by atoms with van der Waals surface area (Å²) in [5, 5.41) is 19.3. The second-order valence-corrected chi connectivity index (χ2v) is 5.97. The van der Waals surface area contributed by atoms with Crippen LogP contribution in [0.5, 0.6) is 0 Å². The molecule has 3 rings (SSSR count). The van der Waals surface area contributed by atoms with Gasteiger partial charge in [-0.3, -0.25) is 4.90 Å². The smallest absolute Gasteiger partial charge is 0.410 e. The van der Waals surface area contributed by atoms with E-state index in [1.165, 1.54) is 0 Å². The van der Waals surface area contributed by atoms with Crippen molar-refractivity contribution in [2.24, 2.45) is 0 Å². The Morgan fingerprint density at radius 3 is 2.72 bits per heavy atom. The molecule has 25 heavy (non-hydrogen) atoms. The molecule has 0 aliphatic carbocycles. The van der Waals surface area contributed by atoms with Crippen LogP contribution in [0.1, 0.15) is 54.0 Å². The van der Waals surface area contributed by atoms with Gasteiger partial charge in [-0.25, -0.2) is 9.59 Å². The molecule has 1 saturated heterocycles. The Labute approximate surface area is 144 Å². The van der Waals surface area contributed by atoms with Gasteiger partial charge >= 0.3 is 12.1 Å². The van der Waals surface area contributed by atoms with Crippen molar-refractivity contribution in [3.63, 3.8) is 0 Å². The molecule has 2 atom stereocenters. The second kappa shape index (κ2) is 7.33. The molecule has 1 aliphatic rings. The Morgan fingerprint density at radius 1 is 1.28 bits per heavy atom. The third-order valence-corrected chi connectivity index (χ3v) is 4.48. The van der Waals surface area contributed by atoms with Gasteiger partial charge in [-0.1, -0.05) is 37.3 Å². The number of likely N-dealkylation sites (tertiary alicyclic amines) is 1. The van der Waals surface area contributed by atoms with E-state index >= 15 is 0 Å². The number of aromatic nitrogens is 3. The molecule has 0 spiro atoms. The largest absolute Gasteiger partial charge is 0.476 e. The third-order valence-electron chi connectivity index (χ3n) is 4.48. The molecule has 0 bridgehead atoms. The van der Waals surface area contributed by atoms with Crippen molar-refractivity contribution in [2.45, 2.75) is 44.9 Å². The first-order chi connectivity index (χ1) is 12.1. The lowest BCUT2D eigenvalue weighted by Crippen LogP contribution is -2.38. The predicted molar refractivity (Wildman–Crippen MR) is 87.9 cm³/mol. The molecule has 2 N–H and O–H groups in total. The lowest BCUT2D eigenvalue weighted by molar-refractivity contribution is 0.0669. The number of carbonyl (C=O) groups excluding carboxylic acids is 1. The van der Waals surface area contributed by atoms with Gasteiger partial charge in [0.25, 0.3) is 0 Å². The lowest BCUT2D eigenvalue weighted by atomic mass is 10.1. The number of benzene rings is 1. The van der Waals surface area contributed by atoms with Crippen molar-refractivity contribution < 1.29 is 19.4 Å². The van der Waals surface area contributed by atoms with Crippen LogP contribution in [-0.4, -0.2) is 43.5 Å². The maximum absolute atomic E-state index is 12.7. The molecular formula is C17H20N4O4. The molecule has 1 fully saturated rings. The van der Waals surface area contributed by atoms with Gasteiger partial charge in [-0.05, 0) is 24.8 Å². The predicted octanol–water partition coefficient (Wildman–Crippen LogP) is 2.76. The number of rotatable bonds is 5. The SMILES string of the molecule is CCC1CCC(c2n[nH]nc2C(=O)O)N1C(=O)OCc1ccccc1. The van der Waals surface area contributed by atoms with Gasteiger partial charge in [0.15, 0.2) is 5.69 Å². The van der Waals surface area contributed by atoms with E-state index in [9.17, 15) is 14.7 Å². The minimum atomic E-state index is -1.17. The number of ether oxygens (including phenoxy) is 1.